The van der Waals surface area contributed by atoms with Gasteiger partial charge in [0.15, 0.2) is 0 Å². The summed E-state index contributed by atoms with van der Waals surface area (Å²) in [7, 11) is 0. The lowest BCUT2D eigenvalue weighted by Crippen LogP contribution is -2.44. The second-order valence-corrected chi connectivity index (χ2v) is 9.36. The number of carbonyl (C=O) groups is 2. The highest BCUT2D eigenvalue weighted by atomic mass is 32.1. The molecule has 3 N–H and O–H groups in total. The van der Waals surface area contributed by atoms with Crippen molar-refractivity contribution in [2.75, 3.05) is 11.4 Å². The Labute approximate surface area is 198 Å². The van der Waals surface area contributed by atoms with Crippen LogP contribution in [-0.4, -0.2) is 29.6 Å². The monoisotopic (exact) mass is 488 g/mol. The number of aryl methyl sites for hydroxylation is 2. The lowest BCUT2D eigenvalue weighted by Gasteiger charge is -2.21. The molecule has 0 unspecified atom stereocenters. The summed E-state index contributed by atoms with van der Waals surface area (Å²) in [6.45, 7) is 0.422. The van der Waals surface area contributed by atoms with Gasteiger partial charge >= 0.3 is 12.1 Å². The maximum absolute atomic E-state index is 13.6. The molecule has 0 fully saturated rings. The van der Waals surface area contributed by atoms with Gasteiger partial charge in [-0.3, -0.25) is 9.59 Å². The molecule has 2 aromatic carbocycles. The largest absolute Gasteiger partial charge is 0.481 e. The van der Waals surface area contributed by atoms with Crippen molar-refractivity contribution >= 4 is 28.9 Å². The van der Waals surface area contributed by atoms with Crippen LogP contribution < -0.4 is 10.6 Å². The summed E-state index contributed by atoms with van der Waals surface area (Å²) >= 11 is 0.779. The number of fused-ring (bicyclic) bond motifs is 1. The van der Waals surface area contributed by atoms with Crippen molar-refractivity contribution < 1.29 is 27.9 Å². The number of hydrogen-bond acceptors (Lipinski definition) is 4. The highest BCUT2D eigenvalue weighted by Gasteiger charge is 2.36. The number of carboxylic acid groups (broad SMARTS) is 1. The highest BCUT2D eigenvalue weighted by Crippen LogP contribution is 2.43. The fourth-order valence-electron chi connectivity index (χ4n) is 4.19. The average molecular weight is 489 g/mol. The Kier molecular flexibility index (Phi) is 6.77. The summed E-state index contributed by atoms with van der Waals surface area (Å²) in [5.41, 5.74) is 9.09. The lowest BCUT2D eigenvalue weighted by molar-refractivity contribution is -0.139. The zero-order valence-electron chi connectivity index (χ0n) is 18.1. The number of alkyl halides is 3. The predicted molar refractivity (Wildman–Crippen MR) is 125 cm³/mol. The Morgan fingerprint density at radius 3 is 2.50 bits per heavy atom. The summed E-state index contributed by atoms with van der Waals surface area (Å²) in [4.78, 5) is 24.9. The van der Waals surface area contributed by atoms with E-state index in [1.807, 2.05) is 12.1 Å². The van der Waals surface area contributed by atoms with Gasteiger partial charge in [-0.25, -0.2) is 0 Å². The fourth-order valence-corrected chi connectivity index (χ4v) is 5.24. The van der Waals surface area contributed by atoms with E-state index < -0.39 is 35.4 Å². The van der Waals surface area contributed by atoms with Gasteiger partial charge < -0.3 is 15.7 Å². The van der Waals surface area contributed by atoms with Gasteiger partial charge in [-0.2, -0.15) is 13.2 Å². The van der Waals surface area contributed by atoms with Gasteiger partial charge in [-0.1, -0.05) is 42.5 Å². The zero-order chi connectivity index (χ0) is 24.5. The number of hydrogen-bond donors (Lipinski definition) is 2. The first-order valence-electron chi connectivity index (χ1n) is 10.8. The van der Waals surface area contributed by atoms with E-state index in [0.717, 1.165) is 22.5 Å². The summed E-state index contributed by atoms with van der Waals surface area (Å²) < 4.78 is 40.9. The standard InChI is InChI=1S/C25H23F3N2O3S/c26-25(27,28)23-19(16-4-2-1-3-5-16)13-18(34-23)8-6-15-7-9-21-17(12-15)10-11-30(21)24(33)20(29)14-22(31)32/h1-5,7,9,12-13,20H,6,8,10-11,14,29H2,(H,31,32)/t20-/m1/s1. The number of carboxylic acids is 1. The maximum Gasteiger partial charge on any atom is 0.426 e. The Morgan fingerprint density at radius 2 is 1.82 bits per heavy atom. The van der Waals surface area contributed by atoms with E-state index in [9.17, 15) is 22.8 Å². The number of aliphatic carboxylic acids is 1. The highest BCUT2D eigenvalue weighted by molar-refractivity contribution is 7.12. The smallest absolute Gasteiger partial charge is 0.426 e. The molecule has 0 saturated heterocycles. The van der Waals surface area contributed by atoms with Crippen LogP contribution in [0.5, 0.6) is 0 Å². The Bertz CT molecular complexity index is 1210. The van der Waals surface area contributed by atoms with Crippen molar-refractivity contribution in [3.8, 4) is 11.1 Å². The fraction of sp³-hybridized carbons (Fsp3) is 0.280. The molecule has 3 aromatic rings. The minimum Gasteiger partial charge on any atom is -0.481 e. The summed E-state index contributed by atoms with van der Waals surface area (Å²) in [5.74, 6) is -1.56. The topological polar surface area (TPSA) is 83.6 Å². The molecule has 1 aromatic heterocycles. The number of halogens is 3. The van der Waals surface area contributed by atoms with E-state index >= 15 is 0 Å². The van der Waals surface area contributed by atoms with E-state index in [1.165, 1.54) is 4.90 Å². The van der Waals surface area contributed by atoms with Crippen LogP contribution in [0.4, 0.5) is 18.9 Å². The van der Waals surface area contributed by atoms with Crippen LogP contribution in [0.3, 0.4) is 0 Å². The van der Waals surface area contributed by atoms with Crippen molar-refractivity contribution in [3.63, 3.8) is 0 Å². The van der Waals surface area contributed by atoms with Crippen LogP contribution in [0.2, 0.25) is 0 Å². The van der Waals surface area contributed by atoms with E-state index in [-0.39, 0.29) is 5.56 Å². The van der Waals surface area contributed by atoms with Crippen molar-refractivity contribution in [3.05, 3.63) is 75.5 Å². The predicted octanol–water partition coefficient (Wildman–Crippen LogP) is 4.91. The van der Waals surface area contributed by atoms with Crippen LogP contribution in [0, 0.1) is 0 Å². The number of nitrogens with zero attached hydrogens (tertiary/aromatic N) is 1. The molecule has 34 heavy (non-hydrogen) atoms. The van der Waals surface area contributed by atoms with Gasteiger partial charge in [-0.15, -0.1) is 11.3 Å². The van der Waals surface area contributed by atoms with Crippen LogP contribution in [-0.2, 0) is 35.0 Å². The first kappa shape index (κ1) is 24.0. The number of anilines is 1. The molecular weight excluding hydrogens is 465 g/mol. The minimum atomic E-state index is -4.42. The van der Waals surface area contributed by atoms with E-state index in [4.69, 9.17) is 10.8 Å². The number of benzene rings is 2. The molecule has 1 aliphatic heterocycles. The first-order chi connectivity index (χ1) is 16.1. The number of thiophene rings is 1. The summed E-state index contributed by atoms with van der Waals surface area (Å²) in [6, 6.07) is 14.7. The van der Waals surface area contributed by atoms with Gasteiger partial charge in [0.1, 0.15) is 4.88 Å². The summed E-state index contributed by atoms with van der Waals surface area (Å²) in [6.07, 6.45) is -3.21. The number of rotatable bonds is 7. The van der Waals surface area contributed by atoms with Gasteiger partial charge in [0, 0.05) is 22.7 Å². The SMILES string of the molecule is N[C@H](CC(=O)O)C(=O)N1CCc2cc(CCc3cc(-c4ccccc4)c(C(F)(F)F)s3)ccc21. The second kappa shape index (κ2) is 9.60. The lowest BCUT2D eigenvalue weighted by atomic mass is 10.0. The Hall–Kier alpha value is -3.17. The van der Waals surface area contributed by atoms with Crippen molar-refractivity contribution in [1.82, 2.24) is 0 Å². The van der Waals surface area contributed by atoms with Gasteiger partial charge in [0.05, 0.1) is 12.5 Å². The third-order valence-electron chi connectivity index (χ3n) is 5.80. The molecule has 0 aliphatic carbocycles. The molecule has 5 nitrogen and oxygen atoms in total. The average Bonchev–Trinajstić information content (AvgIpc) is 3.41. The number of carbonyl (C=O) groups excluding carboxylic acids is 1. The van der Waals surface area contributed by atoms with Gasteiger partial charge in [0.2, 0.25) is 5.91 Å². The molecule has 1 atom stereocenters. The van der Waals surface area contributed by atoms with Gasteiger partial charge in [0.25, 0.3) is 0 Å². The molecule has 2 heterocycles. The molecule has 0 saturated carbocycles. The Balaban J connectivity index is 1.49. The van der Waals surface area contributed by atoms with Crippen LogP contribution >= 0.6 is 11.3 Å². The first-order valence-corrected chi connectivity index (χ1v) is 11.6. The van der Waals surface area contributed by atoms with Crippen molar-refractivity contribution in [2.24, 2.45) is 5.73 Å². The zero-order valence-corrected chi connectivity index (χ0v) is 19.0. The van der Waals surface area contributed by atoms with E-state index in [1.54, 1.807) is 42.5 Å². The Morgan fingerprint density at radius 1 is 1.09 bits per heavy atom. The molecule has 9 heteroatoms. The molecule has 4 rings (SSSR count). The summed E-state index contributed by atoms with van der Waals surface area (Å²) in [5, 5.41) is 8.88. The van der Waals surface area contributed by atoms with Crippen LogP contribution in [0.15, 0.2) is 54.6 Å². The quantitative estimate of drug-likeness (QED) is 0.495. The van der Waals surface area contributed by atoms with E-state index in [2.05, 4.69) is 0 Å². The van der Waals surface area contributed by atoms with Crippen LogP contribution in [0.1, 0.15) is 27.3 Å². The molecule has 0 bridgehead atoms. The molecule has 178 valence electrons. The number of nitrogens with two attached hydrogens (primary N) is 1. The molecular formula is C25H23F3N2O3S. The minimum absolute atomic E-state index is 0.203. The van der Waals surface area contributed by atoms with Crippen LogP contribution in [0.25, 0.3) is 11.1 Å². The maximum atomic E-state index is 13.6. The van der Waals surface area contributed by atoms with Gasteiger partial charge in [-0.05, 0) is 48.1 Å². The normalized spacial score (nSPS) is 14.2. The number of amides is 1. The van der Waals surface area contributed by atoms with Crippen molar-refractivity contribution in [1.29, 1.82) is 0 Å². The molecule has 0 spiro atoms. The molecule has 1 amide bonds. The van der Waals surface area contributed by atoms with Crippen molar-refractivity contribution in [2.45, 2.75) is 37.9 Å². The third kappa shape index (κ3) is 5.15. The molecule has 1 aliphatic rings. The third-order valence-corrected chi connectivity index (χ3v) is 7.04. The molecule has 0 radical (unpaired) electrons. The second-order valence-electron chi connectivity index (χ2n) is 8.23. The van der Waals surface area contributed by atoms with E-state index in [0.29, 0.717) is 41.9 Å².